The predicted molar refractivity (Wildman–Crippen MR) is 84.4 cm³/mol. The molecule has 127 valence electrons. The van der Waals surface area contributed by atoms with Gasteiger partial charge in [0.1, 0.15) is 5.82 Å². The Morgan fingerprint density at radius 2 is 1.75 bits per heavy atom. The van der Waals surface area contributed by atoms with Crippen LogP contribution in [0.1, 0.15) is 37.4 Å². The lowest BCUT2D eigenvalue weighted by Gasteiger charge is -2.30. The van der Waals surface area contributed by atoms with E-state index in [2.05, 4.69) is 11.2 Å². The van der Waals surface area contributed by atoms with Crippen molar-refractivity contribution in [2.45, 2.75) is 37.8 Å². The van der Waals surface area contributed by atoms with Gasteiger partial charge in [0, 0.05) is 17.0 Å². The number of aromatic nitrogens is 2. The van der Waals surface area contributed by atoms with Crippen LogP contribution < -0.4 is 5.56 Å². The van der Waals surface area contributed by atoms with Gasteiger partial charge in [0.15, 0.2) is 0 Å². The van der Waals surface area contributed by atoms with Crippen LogP contribution in [0.4, 0.5) is 13.2 Å². The molecular weight excluding hydrogens is 341 g/mol. The van der Waals surface area contributed by atoms with Crippen molar-refractivity contribution in [1.29, 1.82) is 0 Å². The summed E-state index contributed by atoms with van der Waals surface area (Å²) in [4.78, 5) is 16.4. The third-order valence-corrected chi connectivity index (χ3v) is 4.71. The van der Waals surface area contributed by atoms with E-state index in [1.165, 1.54) is 10.6 Å². The van der Waals surface area contributed by atoms with Gasteiger partial charge < -0.3 is 0 Å². The molecule has 0 spiro atoms. The minimum atomic E-state index is -4.16. The average Bonchev–Trinajstić information content (AvgIpc) is 2.55. The smallest absolute Gasteiger partial charge is 0.269 e. The first-order chi connectivity index (χ1) is 11.4. The van der Waals surface area contributed by atoms with Gasteiger partial charge in [-0.3, -0.25) is 9.36 Å². The Hall–Kier alpha value is -1.82. The van der Waals surface area contributed by atoms with E-state index in [1.54, 1.807) is 24.3 Å². The number of benzene rings is 1. The van der Waals surface area contributed by atoms with Crippen LogP contribution in [-0.2, 0) is 0 Å². The minimum Gasteiger partial charge on any atom is -0.269 e. The van der Waals surface area contributed by atoms with E-state index in [0.717, 1.165) is 0 Å². The van der Waals surface area contributed by atoms with E-state index in [-0.39, 0.29) is 24.3 Å². The number of alkyl halides is 3. The first kappa shape index (κ1) is 17.0. The summed E-state index contributed by atoms with van der Waals surface area (Å²) in [6.07, 6.45) is -0.789. The molecule has 1 aromatic carbocycles. The molecule has 0 saturated heterocycles. The molecule has 0 unspecified atom stereocenters. The highest BCUT2D eigenvalue weighted by Gasteiger charge is 2.42. The van der Waals surface area contributed by atoms with Gasteiger partial charge >= 0.3 is 6.18 Å². The third-order valence-electron chi connectivity index (χ3n) is 4.46. The molecule has 1 fully saturated rings. The van der Waals surface area contributed by atoms with Crippen LogP contribution in [0, 0.1) is 12.1 Å². The quantitative estimate of drug-likeness (QED) is 0.793. The Kier molecular flexibility index (Phi) is 4.67. The van der Waals surface area contributed by atoms with E-state index >= 15 is 0 Å². The van der Waals surface area contributed by atoms with Gasteiger partial charge in [0.05, 0.1) is 17.8 Å². The van der Waals surface area contributed by atoms with Crippen molar-refractivity contribution in [3.05, 3.63) is 57.7 Å². The van der Waals surface area contributed by atoms with E-state index in [4.69, 9.17) is 11.6 Å². The normalized spacial score (nSPS) is 21.7. The lowest BCUT2D eigenvalue weighted by atomic mass is 9.81. The van der Waals surface area contributed by atoms with Crippen molar-refractivity contribution in [2.24, 2.45) is 5.92 Å². The molecule has 0 bridgehead atoms. The Bertz CT molecular complexity index is 763. The zero-order valence-corrected chi connectivity index (χ0v) is 13.4. The second kappa shape index (κ2) is 6.59. The summed E-state index contributed by atoms with van der Waals surface area (Å²) < 4.78 is 39.9. The summed E-state index contributed by atoms with van der Waals surface area (Å²) in [5.41, 5.74) is 0.291. The zero-order valence-electron chi connectivity index (χ0n) is 12.7. The van der Waals surface area contributed by atoms with Crippen molar-refractivity contribution in [3.63, 3.8) is 0 Å². The molecule has 3 nitrogen and oxygen atoms in total. The molecule has 7 heteroatoms. The summed E-state index contributed by atoms with van der Waals surface area (Å²) in [5, 5.41) is 0.537. The monoisotopic (exact) mass is 355 g/mol. The van der Waals surface area contributed by atoms with Gasteiger partial charge in [0.25, 0.3) is 5.56 Å². The van der Waals surface area contributed by atoms with Crippen LogP contribution in [0.15, 0.2) is 35.1 Å². The Morgan fingerprint density at radius 3 is 2.33 bits per heavy atom. The average molecular weight is 356 g/mol. The van der Waals surface area contributed by atoms with Crippen molar-refractivity contribution in [2.75, 3.05) is 0 Å². The molecular formula is C17H15ClF3N2O. The van der Waals surface area contributed by atoms with Gasteiger partial charge in [-0.2, -0.15) is 13.2 Å². The van der Waals surface area contributed by atoms with Crippen LogP contribution >= 0.6 is 11.6 Å². The molecule has 1 radical (unpaired) electrons. The summed E-state index contributed by atoms with van der Waals surface area (Å²) in [6.45, 7) is 0. The Labute approximate surface area is 142 Å². The maximum atomic E-state index is 12.8. The predicted octanol–water partition coefficient (Wildman–Crippen LogP) is 4.52. The number of hydrogen-bond donors (Lipinski definition) is 0. The first-order valence-corrected chi connectivity index (χ1v) is 8.07. The van der Waals surface area contributed by atoms with Crippen molar-refractivity contribution in [3.8, 4) is 5.69 Å². The van der Waals surface area contributed by atoms with Gasteiger partial charge in [-0.25, -0.2) is 4.98 Å². The molecule has 1 aromatic heterocycles. The third kappa shape index (κ3) is 3.48. The fraction of sp³-hybridized carbons (Fsp3) is 0.412. The lowest BCUT2D eigenvalue weighted by Crippen LogP contribution is -2.30. The maximum Gasteiger partial charge on any atom is 0.391 e. The van der Waals surface area contributed by atoms with Crippen LogP contribution in [0.3, 0.4) is 0 Å². The van der Waals surface area contributed by atoms with E-state index in [1.807, 2.05) is 0 Å². The van der Waals surface area contributed by atoms with Gasteiger partial charge in [-0.05, 0) is 49.9 Å². The minimum absolute atomic E-state index is 0.0551. The summed E-state index contributed by atoms with van der Waals surface area (Å²) in [6, 6.07) is 7.92. The SMILES string of the molecule is O=c1c[c]nc([C@H]2CC[C@@H](C(F)(F)F)CC2)n1-c1ccc(Cl)cc1. The van der Waals surface area contributed by atoms with Crippen molar-refractivity contribution in [1.82, 2.24) is 9.55 Å². The Morgan fingerprint density at radius 1 is 1.12 bits per heavy atom. The van der Waals surface area contributed by atoms with E-state index in [9.17, 15) is 18.0 Å². The molecule has 1 saturated carbocycles. The molecule has 3 rings (SSSR count). The second-order valence-corrected chi connectivity index (χ2v) is 6.42. The van der Waals surface area contributed by atoms with Crippen molar-refractivity contribution < 1.29 is 13.2 Å². The lowest BCUT2D eigenvalue weighted by molar-refractivity contribution is -0.182. The maximum absolute atomic E-state index is 12.8. The molecule has 1 aliphatic rings. The number of nitrogens with zero attached hydrogens (tertiary/aromatic N) is 2. The fourth-order valence-electron chi connectivity index (χ4n) is 3.18. The van der Waals surface area contributed by atoms with Crippen LogP contribution in [0.5, 0.6) is 0 Å². The standard InChI is InChI=1S/C17H15ClF3N2O/c18-13-5-7-14(8-6-13)23-15(24)9-10-22-16(23)11-1-3-12(4-2-11)17(19,20)21/h5-9,11-12H,1-4H2/t11-,12+. The summed E-state index contributed by atoms with van der Waals surface area (Å²) >= 11 is 5.87. The van der Waals surface area contributed by atoms with Gasteiger partial charge in [-0.1, -0.05) is 11.6 Å². The van der Waals surface area contributed by atoms with Crippen molar-refractivity contribution >= 4 is 11.6 Å². The van der Waals surface area contributed by atoms with Crippen LogP contribution in [0.2, 0.25) is 5.02 Å². The van der Waals surface area contributed by atoms with Gasteiger partial charge in [-0.15, -0.1) is 0 Å². The summed E-state index contributed by atoms with van der Waals surface area (Å²) in [5.74, 6) is -0.993. The van der Waals surface area contributed by atoms with E-state index in [0.29, 0.717) is 29.4 Å². The van der Waals surface area contributed by atoms with Gasteiger partial charge in [0.2, 0.25) is 0 Å². The molecule has 2 aromatic rings. The first-order valence-electron chi connectivity index (χ1n) is 7.69. The highest BCUT2D eigenvalue weighted by Crippen LogP contribution is 2.42. The Balaban J connectivity index is 1.91. The highest BCUT2D eigenvalue weighted by atomic mass is 35.5. The fourth-order valence-corrected chi connectivity index (χ4v) is 3.31. The topological polar surface area (TPSA) is 34.9 Å². The zero-order chi connectivity index (χ0) is 17.3. The molecule has 0 atom stereocenters. The van der Waals surface area contributed by atoms with Crippen LogP contribution in [-0.4, -0.2) is 15.7 Å². The molecule has 0 N–H and O–H groups in total. The summed E-state index contributed by atoms with van der Waals surface area (Å²) in [7, 11) is 0. The van der Waals surface area contributed by atoms with E-state index < -0.39 is 12.1 Å². The molecule has 1 heterocycles. The molecule has 0 amide bonds. The highest BCUT2D eigenvalue weighted by molar-refractivity contribution is 6.30. The molecule has 0 aliphatic heterocycles. The molecule has 1 aliphatic carbocycles. The molecule has 24 heavy (non-hydrogen) atoms. The second-order valence-electron chi connectivity index (χ2n) is 5.98. The number of rotatable bonds is 2. The number of halogens is 4. The largest absolute Gasteiger partial charge is 0.391 e. The number of hydrogen-bond acceptors (Lipinski definition) is 2. The van der Waals surface area contributed by atoms with Crippen LogP contribution in [0.25, 0.3) is 5.69 Å².